The van der Waals surface area contributed by atoms with Crippen LogP contribution in [0.25, 0.3) is 0 Å². The molecule has 0 atom stereocenters. The summed E-state index contributed by atoms with van der Waals surface area (Å²) in [5.74, 6) is 2.38. The number of benzene rings is 2. The van der Waals surface area contributed by atoms with Crippen molar-refractivity contribution in [2.24, 2.45) is 0 Å². The Morgan fingerprint density at radius 1 is 0.714 bits per heavy atom. The number of carbonyl (C=O) groups excluding carboxylic acids is 2. The molecule has 0 heterocycles. The normalized spacial score (nSPS) is 11.5. The molecule has 0 fully saturated rings. The maximum Gasteiger partial charge on any atom is 0.233 e. The average Bonchev–Trinajstić information content (AvgIpc) is 2.67. The van der Waals surface area contributed by atoms with Gasteiger partial charge in [0.15, 0.2) is 0 Å². The van der Waals surface area contributed by atoms with Gasteiger partial charge in [0, 0.05) is 16.7 Å². The van der Waals surface area contributed by atoms with E-state index in [0.717, 1.165) is 5.56 Å². The van der Waals surface area contributed by atoms with E-state index in [-0.39, 0.29) is 0 Å². The van der Waals surface area contributed by atoms with E-state index in [1.807, 2.05) is 12.1 Å². The van der Waals surface area contributed by atoms with Gasteiger partial charge in [-0.25, -0.2) is 0 Å². The van der Waals surface area contributed by atoms with Gasteiger partial charge < -0.3 is 0 Å². The number of ketones is 2. The van der Waals surface area contributed by atoms with E-state index in [4.69, 9.17) is 0 Å². The molecule has 0 radical (unpaired) electrons. The number of hydrogen-bond donors (Lipinski definition) is 0. The average molecular weight is 391 g/mol. The molecule has 0 amide bonds. The minimum absolute atomic E-state index is 0.395. The van der Waals surface area contributed by atoms with E-state index in [9.17, 15) is 9.59 Å². The zero-order chi connectivity index (χ0) is 20.9. The Labute approximate surface area is 170 Å². The van der Waals surface area contributed by atoms with Gasteiger partial charge in [0.1, 0.15) is 8.07 Å². The number of hydrogen-bond acceptors (Lipinski definition) is 2. The van der Waals surface area contributed by atoms with Crippen molar-refractivity contribution in [2.75, 3.05) is 0 Å². The summed E-state index contributed by atoms with van der Waals surface area (Å²) in [5.41, 5.74) is 6.91. The minimum atomic E-state index is -1.84. The molecule has 0 aliphatic rings. The summed E-state index contributed by atoms with van der Waals surface area (Å²) in [5, 5.41) is 0. The second kappa shape index (κ2) is 9.17. The summed E-state index contributed by atoms with van der Waals surface area (Å²) in [6.07, 6.45) is 0. The highest BCUT2D eigenvalue weighted by Gasteiger charge is 2.41. The second-order valence-electron chi connectivity index (χ2n) is 8.25. The smallest absolute Gasteiger partial charge is 0.233 e. The van der Waals surface area contributed by atoms with Gasteiger partial charge in [0.25, 0.3) is 0 Å². The molecule has 2 rings (SSSR count). The molecule has 3 heteroatoms. The van der Waals surface area contributed by atoms with Gasteiger partial charge in [-0.1, -0.05) is 89.9 Å². The van der Waals surface area contributed by atoms with Crippen LogP contribution in [0.5, 0.6) is 0 Å². The predicted octanol–water partition coefficient (Wildman–Crippen LogP) is 6.32. The molecule has 146 valence electrons. The van der Waals surface area contributed by atoms with Crippen LogP contribution in [-0.2, 0) is 0 Å². The van der Waals surface area contributed by atoms with Crippen LogP contribution in [-0.4, -0.2) is 19.6 Å². The van der Waals surface area contributed by atoms with Gasteiger partial charge in [-0.3, -0.25) is 9.59 Å². The monoisotopic (exact) mass is 390 g/mol. The first-order valence-corrected chi connectivity index (χ1v) is 12.2. The third-order valence-electron chi connectivity index (χ3n) is 5.66. The van der Waals surface area contributed by atoms with Crippen LogP contribution in [0.4, 0.5) is 0 Å². The van der Waals surface area contributed by atoms with E-state index in [2.05, 4.69) is 53.0 Å². The molecule has 0 aromatic heterocycles. The van der Waals surface area contributed by atoms with Crippen molar-refractivity contribution >= 4 is 19.6 Å². The Morgan fingerprint density at radius 2 is 1.21 bits per heavy atom. The predicted molar refractivity (Wildman–Crippen MR) is 119 cm³/mol. The minimum Gasteiger partial charge on any atom is -0.285 e. The van der Waals surface area contributed by atoms with Crippen molar-refractivity contribution in [1.29, 1.82) is 0 Å². The maximum atomic E-state index is 12.6. The van der Waals surface area contributed by atoms with Crippen LogP contribution in [0.1, 0.15) is 67.8 Å². The standard InChI is InChI=1S/C25H30O2Si/c1-18(2)28(19(3)4,20(5)6)16-15-21-11-10-14-23(17-21)25(27)24(26)22-12-8-7-9-13-22/h7-14,17-20H,1-6H3. The molecular formula is C25H30O2Si. The van der Waals surface area contributed by atoms with Crippen LogP contribution < -0.4 is 0 Å². The fourth-order valence-electron chi connectivity index (χ4n) is 4.20. The van der Waals surface area contributed by atoms with Gasteiger partial charge in [-0.2, -0.15) is 0 Å². The lowest BCUT2D eigenvalue weighted by Gasteiger charge is -2.38. The molecule has 0 unspecified atom stereocenters. The molecule has 0 saturated carbocycles. The first kappa shape index (κ1) is 21.9. The summed E-state index contributed by atoms with van der Waals surface area (Å²) in [6, 6.07) is 15.8. The summed E-state index contributed by atoms with van der Waals surface area (Å²) in [4.78, 5) is 25.1. The fourth-order valence-corrected chi connectivity index (χ4v) is 9.43. The highest BCUT2D eigenvalue weighted by atomic mass is 28.3. The molecule has 0 aliphatic heterocycles. The van der Waals surface area contributed by atoms with Crippen LogP contribution in [0.15, 0.2) is 54.6 Å². The lowest BCUT2D eigenvalue weighted by Crippen LogP contribution is -2.43. The molecule has 0 bridgehead atoms. The van der Waals surface area contributed by atoms with Gasteiger partial charge in [-0.05, 0) is 28.8 Å². The second-order valence-corrected chi connectivity index (χ2v) is 13.8. The van der Waals surface area contributed by atoms with Crippen LogP contribution in [0.3, 0.4) is 0 Å². The first-order valence-electron chi connectivity index (χ1n) is 9.97. The molecule has 2 aromatic carbocycles. The van der Waals surface area contributed by atoms with Crippen molar-refractivity contribution in [1.82, 2.24) is 0 Å². The SMILES string of the molecule is CC(C)[Si](C#Cc1cccc(C(=O)C(=O)c2ccccc2)c1)(C(C)C)C(C)C. The number of carbonyl (C=O) groups is 2. The van der Waals surface area contributed by atoms with Crippen molar-refractivity contribution in [3.05, 3.63) is 71.3 Å². The largest absolute Gasteiger partial charge is 0.285 e. The van der Waals surface area contributed by atoms with E-state index in [1.54, 1.807) is 42.5 Å². The first-order chi connectivity index (χ1) is 13.2. The Hall–Kier alpha value is -2.44. The third kappa shape index (κ3) is 4.51. The molecule has 2 nitrogen and oxygen atoms in total. The zero-order valence-electron chi connectivity index (χ0n) is 17.7. The van der Waals surface area contributed by atoms with E-state index in [1.165, 1.54) is 0 Å². The summed E-state index contributed by atoms with van der Waals surface area (Å²) in [7, 11) is -1.84. The Kier molecular flexibility index (Phi) is 7.15. The van der Waals surface area contributed by atoms with Crippen LogP contribution in [0.2, 0.25) is 16.6 Å². The Morgan fingerprint density at radius 3 is 1.75 bits per heavy atom. The maximum absolute atomic E-state index is 12.6. The summed E-state index contributed by atoms with van der Waals surface area (Å²) >= 11 is 0. The summed E-state index contributed by atoms with van der Waals surface area (Å²) in [6.45, 7) is 13.7. The zero-order valence-corrected chi connectivity index (χ0v) is 18.7. The van der Waals surface area contributed by atoms with Gasteiger partial charge in [0.05, 0.1) is 0 Å². The highest BCUT2D eigenvalue weighted by molar-refractivity contribution is 6.90. The number of rotatable bonds is 6. The van der Waals surface area contributed by atoms with Gasteiger partial charge in [0.2, 0.25) is 11.6 Å². The van der Waals surface area contributed by atoms with Crippen molar-refractivity contribution < 1.29 is 9.59 Å². The molecule has 2 aromatic rings. The molecule has 28 heavy (non-hydrogen) atoms. The van der Waals surface area contributed by atoms with E-state index < -0.39 is 19.6 Å². The fraction of sp³-hybridized carbons (Fsp3) is 0.360. The molecule has 0 aliphatic carbocycles. The molecule has 0 N–H and O–H groups in total. The Balaban J connectivity index is 2.38. The highest BCUT2D eigenvalue weighted by Crippen LogP contribution is 2.40. The van der Waals surface area contributed by atoms with Crippen molar-refractivity contribution in [3.8, 4) is 11.5 Å². The topological polar surface area (TPSA) is 34.1 Å². The van der Waals surface area contributed by atoms with Gasteiger partial charge >= 0.3 is 0 Å². The van der Waals surface area contributed by atoms with Crippen LogP contribution in [0, 0.1) is 11.5 Å². The van der Waals surface area contributed by atoms with E-state index in [0.29, 0.717) is 27.8 Å². The van der Waals surface area contributed by atoms with Crippen molar-refractivity contribution in [2.45, 2.75) is 58.2 Å². The van der Waals surface area contributed by atoms with Crippen LogP contribution >= 0.6 is 0 Å². The van der Waals surface area contributed by atoms with Gasteiger partial charge in [-0.15, -0.1) is 5.54 Å². The lowest BCUT2D eigenvalue weighted by atomic mass is 10.0. The summed E-state index contributed by atoms with van der Waals surface area (Å²) < 4.78 is 0. The third-order valence-corrected chi connectivity index (χ3v) is 11.9. The van der Waals surface area contributed by atoms with E-state index >= 15 is 0 Å². The van der Waals surface area contributed by atoms with Crippen molar-refractivity contribution in [3.63, 3.8) is 0 Å². The number of Topliss-reactive ketones (excluding diaryl/α,β-unsaturated/α-hetero) is 2. The molecule has 0 saturated heterocycles. The Bertz CT molecular complexity index is 877. The lowest BCUT2D eigenvalue weighted by molar-refractivity contribution is 0.0817. The molecule has 0 spiro atoms. The quantitative estimate of drug-likeness (QED) is 0.250. The molecular weight excluding hydrogens is 360 g/mol.